The van der Waals surface area contributed by atoms with Crippen LogP contribution >= 0.6 is 0 Å². The van der Waals surface area contributed by atoms with Gasteiger partial charge in [-0.3, -0.25) is 0 Å². The Labute approximate surface area is 93.9 Å². The molecule has 82 valence electrons. The highest BCUT2D eigenvalue weighted by molar-refractivity contribution is 5.52. The molecule has 1 unspecified atom stereocenters. The van der Waals surface area contributed by atoms with E-state index in [1.165, 1.54) is 0 Å². The van der Waals surface area contributed by atoms with Crippen LogP contribution in [0.5, 0.6) is 0 Å². The van der Waals surface area contributed by atoms with Crippen molar-refractivity contribution in [3.05, 3.63) is 42.2 Å². The number of aldehydes is 1. The summed E-state index contributed by atoms with van der Waals surface area (Å²) in [6, 6.07) is 7.92. The number of carbonyl (C=O) groups is 1. The molecule has 0 fully saturated rings. The molecule has 0 aliphatic carbocycles. The molecule has 1 aromatic carbocycles. The first-order chi connectivity index (χ1) is 7.81. The third-order valence-electron chi connectivity index (χ3n) is 2.54. The van der Waals surface area contributed by atoms with Gasteiger partial charge < -0.3 is 4.79 Å². The molecular weight excluding hydrogens is 202 g/mol. The number of hydrogen-bond donors (Lipinski definition) is 0. The summed E-state index contributed by atoms with van der Waals surface area (Å²) < 4.78 is 0. The smallest absolute Gasteiger partial charge is 0.120 e. The lowest BCUT2D eigenvalue weighted by atomic mass is 9.98. The minimum atomic E-state index is 0.230. The van der Waals surface area contributed by atoms with Gasteiger partial charge in [0.25, 0.3) is 0 Å². The van der Waals surface area contributed by atoms with E-state index in [9.17, 15) is 4.79 Å². The van der Waals surface area contributed by atoms with Crippen LogP contribution in [0.25, 0.3) is 5.69 Å². The van der Waals surface area contributed by atoms with Crippen molar-refractivity contribution in [3.63, 3.8) is 0 Å². The molecule has 0 radical (unpaired) electrons. The standard InChI is InChI=1S/C12H13N3O/c1-10(5-8-16)11-3-2-4-12(9-11)15-13-6-7-14-15/h2-4,6-10H,5H2,1H3. The van der Waals surface area contributed by atoms with Crippen LogP contribution in [0.3, 0.4) is 0 Å². The Morgan fingerprint density at radius 3 is 2.81 bits per heavy atom. The van der Waals surface area contributed by atoms with E-state index in [1.54, 1.807) is 17.2 Å². The lowest BCUT2D eigenvalue weighted by Crippen LogP contribution is -2.01. The lowest BCUT2D eigenvalue weighted by Gasteiger charge is -2.09. The summed E-state index contributed by atoms with van der Waals surface area (Å²) >= 11 is 0. The van der Waals surface area contributed by atoms with Gasteiger partial charge in [0, 0.05) is 6.42 Å². The molecule has 1 atom stereocenters. The topological polar surface area (TPSA) is 47.8 Å². The van der Waals surface area contributed by atoms with Crippen molar-refractivity contribution < 1.29 is 4.79 Å². The van der Waals surface area contributed by atoms with Crippen LogP contribution in [0.2, 0.25) is 0 Å². The van der Waals surface area contributed by atoms with Crippen molar-refractivity contribution >= 4 is 6.29 Å². The molecule has 1 aromatic heterocycles. The van der Waals surface area contributed by atoms with E-state index in [4.69, 9.17) is 0 Å². The Balaban J connectivity index is 2.29. The number of carbonyl (C=O) groups excluding carboxylic acids is 1. The number of hydrogen-bond acceptors (Lipinski definition) is 3. The molecule has 16 heavy (non-hydrogen) atoms. The minimum Gasteiger partial charge on any atom is -0.303 e. The first kappa shape index (κ1) is 10.5. The molecule has 0 bridgehead atoms. The average molecular weight is 215 g/mol. The summed E-state index contributed by atoms with van der Waals surface area (Å²) in [5.74, 6) is 0.230. The monoisotopic (exact) mass is 215 g/mol. The molecule has 0 saturated heterocycles. The average Bonchev–Trinajstić information content (AvgIpc) is 2.83. The quantitative estimate of drug-likeness (QED) is 0.732. The van der Waals surface area contributed by atoms with E-state index in [1.807, 2.05) is 31.2 Å². The van der Waals surface area contributed by atoms with Crippen molar-refractivity contribution in [2.75, 3.05) is 0 Å². The molecular formula is C12H13N3O. The van der Waals surface area contributed by atoms with Gasteiger partial charge in [0.05, 0.1) is 18.1 Å². The molecule has 0 aliphatic rings. The number of aromatic nitrogens is 3. The molecule has 0 N–H and O–H groups in total. The zero-order valence-electron chi connectivity index (χ0n) is 9.08. The summed E-state index contributed by atoms with van der Waals surface area (Å²) in [4.78, 5) is 12.0. The molecule has 0 aliphatic heterocycles. The normalized spacial score (nSPS) is 12.3. The van der Waals surface area contributed by atoms with Crippen LogP contribution < -0.4 is 0 Å². The van der Waals surface area contributed by atoms with Crippen molar-refractivity contribution in [1.82, 2.24) is 15.0 Å². The summed E-state index contributed by atoms with van der Waals surface area (Å²) in [7, 11) is 0. The van der Waals surface area contributed by atoms with Gasteiger partial charge >= 0.3 is 0 Å². The maximum Gasteiger partial charge on any atom is 0.120 e. The van der Waals surface area contributed by atoms with Gasteiger partial charge in [-0.05, 0) is 23.6 Å². The highest BCUT2D eigenvalue weighted by atomic mass is 16.1. The van der Waals surface area contributed by atoms with Crippen molar-refractivity contribution in [3.8, 4) is 5.69 Å². The zero-order valence-corrected chi connectivity index (χ0v) is 9.08. The second-order valence-electron chi connectivity index (χ2n) is 3.72. The van der Waals surface area contributed by atoms with E-state index < -0.39 is 0 Å². The fraction of sp³-hybridized carbons (Fsp3) is 0.250. The predicted molar refractivity (Wildman–Crippen MR) is 60.5 cm³/mol. The largest absolute Gasteiger partial charge is 0.303 e. The molecule has 1 heterocycles. The van der Waals surface area contributed by atoms with Crippen LogP contribution in [-0.2, 0) is 4.79 Å². The molecule has 4 heteroatoms. The first-order valence-corrected chi connectivity index (χ1v) is 5.21. The van der Waals surface area contributed by atoms with Crippen LogP contribution in [-0.4, -0.2) is 21.3 Å². The van der Waals surface area contributed by atoms with Crippen molar-refractivity contribution in [1.29, 1.82) is 0 Å². The van der Waals surface area contributed by atoms with Gasteiger partial charge in [0.2, 0.25) is 0 Å². The van der Waals surface area contributed by atoms with E-state index in [0.29, 0.717) is 6.42 Å². The Morgan fingerprint density at radius 1 is 1.38 bits per heavy atom. The van der Waals surface area contributed by atoms with E-state index in [2.05, 4.69) is 10.2 Å². The minimum absolute atomic E-state index is 0.230. The highest BCUT2D eigenvalue weighted by Crippen LogP contribution is 2.19. The molecule has 2 rings (SSSR count). The maximum atomic E-state index is 10.5. The third kappa shape index (κ3) is 2.16. The van der Waals surface area contributed by atoms with E-state index >= 15 is 0 Å². The Morgan fingerprint density at radius 2 is 2.12 bits per heavy atom. The van der Waals surface area contributed by atoms with E-state index in [0.717, 1.165) is 17.5 Å². The fourth-order valence-corrected chi connectivity index (χ4v) is 1.59. The summed E-state index contributed by atoms with van der Waals surface area (Å²) in [6.07, 6.45) is 4.77. The number of nitrogens with zero attached hydrogens (tertiary/aromatic N) is 3. The SMILES string of the molecule is CC(CC=O)c1cccc(-n2nccn2)c1. The van der Waals surface area contributed by atoms with Crippen LogP contribution in [0, 0.1) is 0 Å². The number of benzene rings is 1. The van der Waals surface area contributed by atoms with Gasteiger partial charge in [-0.2, -0.15) is 15.0 Å². The summed E-state index contributed by atoms with van der Waals surface area (Å²) in [5, 5.41) is 8.14. The molecule has 0 spiro atoms. The van der Waals surface area contributed by atoms with Crippen LogP contribution in [0.4, 0.5) is 0 Å². The van der Waals surface area contributed by atoms with Gasteiger partial charge in [-0.1, -0.05) is 19.1 Å². The van der Waals surface area contributed by atoms with Crippen LogP contribution in [0.15, 0.2) is 36.7 Å². The molecule has 4 nitrogen and oxygen atoms in total. The molecule has 0 amide bonds. The second kappa shape index (κ2) is 4.70. The predicted octanol–water partition coefficient (Wildman–Crippen LogP) is 1.96. The third-order valence-corrected chi connectivity index (χ3v) is 2.54. The van der Waals surface area contributed by atoms with Gasteiger partial charge in [-0.25, -0.2) is 0 Å². The van der Waals surface area contributed by atoms with Crippen molar-refractivity contribution in [2.24, 2.45) is 0 Å². The Bertz CT molecular complexity index is 465. The maximum absolute atomic E-state index is 10.5. The number of rotatable bonds is 4. The highest BCUT2D eigenvalue weighted by Gasteiger charge is 2.06. The lowest BCUT2D eigenvalue weighted by molar-refractivity contribution is -0.108. The second-order valence-corrected chi connectivity index (χ2v) is 3.72. The zero-order chi connectivity index (χ0) is 11.4. The Kier molecular flexibility index (Phi) is 3.10. The Hall–Kier alpha value is -1.97. The summed E-state index contributed by atoms with van der Waals surface area (Å²) in [6.45, 7) is 2.03. The molecule has 0 saturated carbocycles. The van der Waals surface area contributed by atoms with Gasteiger partial charge in [0.1, 0.15) is 6.29 Å². The van der Waals surface area contributed by atoms with Crippen molar-refractivity contribution in [2.45, 2.75) is 19.3 Å². The van der Waals surface area contributed by atoms with Gasteiger partial charge in [0.15, 0.2) is 0 Å². The van der Waals surface area contributed by atoms with Crippen LogP contribution in [0.1, 0.15) is 24.8 Å². The fourth-order valence-electron chi connectivity index (χ4n) is 1.59. The van der Waals surface area contributed by atoms with E-state index in [-0.39, 0.29) is 5.92 Å². The van der Waals surface area contributed by atoms with Gasteiger partial charge in [-0.15, -0.1) is 0 Å². The summed E-state index contributed by atoms with van der Waals surface area (Å²) in [5.41, 5.74) is 2.04. The molecule has 2 aromatic rings. The first-order valence-electron chi connectivity index (χ1n) is 5.21.